The Morgan fingerprint density at radius 3 is 2.72 bits per heavy atom. The van der Waals surface area contributed by atoms with Gasteiger partial charge in [0, 0.05) is 13.0 Å². The molecular weight excluding hydrogens is 232 g/mol. The minimum atomic E-state index is -0.820. The number of carbonyl (C=O) groups is 2. The molecule has 1 aliphatic heterocycles. The summed E-state index contributed by atoms with van der Waals surface area (Å²) in [6.07, 6.45) is 3.80. The van der Waals surface area contributed by atoms with Crippen LogP contribution in [0.2, 0.25) is 0 Å². The molecule has 0 bridgehead atoms. The zero-order valence-electron chi connectivity index (χ0n) is 11.3. The number of rotatable bonds is 7. The molecule has 2 atom stereocenters. The van der Waals surface area contributed by atoms with Crippen molar-refractivity contribution in [3.8, 4) is 0 Å². The topological polar surface area (TPSA) is 78.4 Å². The van der Waals surface area contributed by atoms with E-state index >= 15 is 0 Å². The van der Waals surface area contributed by atoms with Gasteiger partial charge in [0.15, 0.2) is 0 Å². The first-order valence-corrected chi connectivity index (χ1v) is 6.75. The highest BCUT2D eigenvalue weighted by Gasteiger charge is 2.39. The number of hydrogen-bond acceptors (Lipinski definition) is 3. The predicted octanol–water partition coefficient (Wildman–Crippen LogP) is 1.14. The minimum absolute atomic E-state index is 0.0269. The van der Waals surface area contributed by atoms with Gasteiger partial charge in [0.25, 0.3) is 0 Å². The third-order valence-electron chi connectivity index (χ3n) is 3.49. The lowest BCUT2D eigenvalue weighted by atomic mass is 9.90. The van der Waals surface area contributed by atoms with Gasteiger partial charge >= 0.3 is 5.97 Å². The average Bonchev–Trinajstić information content (AvgIpc) is 2.75. The molecule has 2 unspecified atom stereocenters. The molecule has 1 heterocycles. The third-order valence-corrected chi connectivity index (χ3v) is 3.49. The Balaban J connectivity index is 2.45. The lowest BCUT2D eigenvalue weighted by Crippen LogP contribution is -2.54. The van der Waals surface area contributed by atoms with Crippen molar-refractivity contribution >= 4 is 11.9 Å². The van der Waals surface area contributed by atoms with Crippen LogP contribution in [-0.2, 0) is 9.59 Å². The van der Waals surface area contributed by atoms with E-state index in [1.165, 1.54) is 0 Å². The van der Waals surface area contributed by atoms with Crippen LogP contribution in [0, 0.1) is 5.92 Å². The maximum Gasteiger partial charge on any atom is 0.303 e. The number of hydrogen-bond donors (Lipinski definition) is 3. The molecule has 0 aromatic rings. The fourth-order valence-electron chi connectivity index (χ4n) is 2.56. The normalized spacial score (nSPS) is 24.8. The van der Waals surface area contributed by atoms with Crippen molar-refractivity contribution in [1.82, 2.24) is 10.6 Å². The number of aliphatic carboxylic acids is 1. The molecule has 0 aromatic heterocycles. The molecule has 1 rings (SSSR count). The Bertz CT molecular complexity index is 299. The first kappa shape index (κ1) is 15.0. The van der Waals surface area contributed by atoms with Crippen LogP contribution in [0.1, 0.15) is 46.0 Å². The fraction of sp³-hybridized carbons (Fsp3) is 0.846. The molecule has 0 spiro atoms. The monoisotopic (exact) mass is 256 g/mol. The molecule has 1 fully saturated rings. The highest BCUT2D eigenvalue weighted by Crippen LogP contribution is 2.24. The van der Waals surface area contributed by atoms with E-state index in [0.29, 0.717) is 6.54 Å². The number of nitrogens with one attached hydrogen (secondary N) is 2. The molecule has 1 saturated heterocycles. The largest absolute Gasteiger partial charge is 0.481 e. The summed E-state index contributed by atoms with van der Waals surface area (Å²) in [6.45, 7) is 5.22. The second-order valence-corrected chi connectivity index (χ2v) is 5.28. The molecular formula is C13H24N2O3. The number of carboxylic acids is 1. The minimum Gasteiger partial charge on any atom is -0.481 e. The third kappa shape index (κ3) is 3.98. The van der Waals surface area contributed by atoms with Crippen molar-refractivity contribution in [2.45, 2.75) is 51.5 Å². The van der Waals surface area contributed by atoms with Crippen LogP contribution in [0.25, 0.3) is 0 Å². The molecule has 3 N–H and O–H groups in total. The predicted molar refractivity (Wildman–Crippen MR) is 69.3 cm³/mol. The fourth-order valence-corrected chi connectivity index (χ4v) is 2.56. The molecule has 18 heavy (non-hydrogen) atoms. The van der Waals surface area contributed by atoms with E-state index in [0.717, 1.165) is 32.2 Å². The lowest BCUT2D eigenvalue weighted by Gasteiger charge is -2.28. The number of carboxylic acid groups (broad SMARTS) is 1. The van der Waals surface area contributed by atoms with Gasteiger partial charge in [-0.05, 0) is 31.7 Å². The quantitative estimate of drug-likeness (QED) is 0.638. The highest BCUT2D eigenvalue weighted by atomic mass is 16.4. The van der Waals surface area contributed by atoms with Gasteiger partial charge in [-0.15, -0.1) is 0 Å². The molecule has 1 amide bonds. The zero-order chi connectivity index (χ0) is 13.6. The van der Waals surface area contributed by atoms with Crippen LogP contribution in [0.5, 0.6) is 0 Å². The van der Waals surface area contributed by atoms with E-state index in [-0.39, 0.29) is 18.2 Å². The van der Waals surface area contributed by atoms with Crippen molar-refractivity contribution < 1.29 is 14.7 Å². The average molecular weight is 256 g/mol. The summed E-state index contributed by atoms with van der Waals surface area (Å²) in [5, 5.41) is 14.9. The summed E-state index contributed by atoms with van der Waals surface area (Å²) >= 11 is 0. The van der Waals surface area contributed by atoms with E-state index in [9.17, 15) is 9.59 Å². The Morgan fingerprint density at radius 2 is 2.22 bits per heavy atom. The number of carbonyl (C=O) groups excluding carboxylic acids is 1. The molecule has 0 saturated carbocycles. The zero-order valence-corrected chi connectivity index (χ0v) is 11.3. The smallest absolute Gasteiger partial charge is 0.303 e. The van der Waals surface area contributed by atoms with Crippen LogP contribution in [0.4, 0.5) is 0 Å². The van der Waals surface area contributed by atoms with Gasteiger partial charge in [0.2, 0.25) is 5.91 Å². The van der Waals surface area contributed by atoms with Crippen molar-refractivity contribution in [1.29, 1.82) is 0 Å². The van der Waals surface area contributed by atoms with Crippen molar-refractivity contribution in [2.75, 3.05) is 13.1 Å². The van der Waals surface area contributed by atoms with Crippen LogP contribution in [0.15, 0.2) is 0 Å². The van der Waals surface area contributed by atoms with E-state index in [1.54, 1.807) is 0 Å². The Hall–Kier alpha value is -1.10. The second kappa shape index (κ2) is 6.73. The van der Waals surface area contributed by atoms with Crippen LogP contribution in [0.3, 0.4) is 0 Å². The van der Waals surface area contributed by atoms with Gasteiger partial charge in [-0.1, -0.05) is 20.3 Å². The molecule has 0 aromatic carbocycles. The first-order chi connectivity index (χ1) is 8.50. The van der Waals surface area contributed by atoms with Crippen LogP contribution in [-0.4, -0.2) is 35.6 Å². The van der Waals surface area contributed by atoms with Crippen LogP contribution >= 0.6 is 0 Å². The van der Waals surface area contributed by atoms with Crippen molar-refractivity contribution in [3.05, 3.63) is 0 Å². The molecule has 1 aliphatic rings. The molecule has 0 aliphatic carbocycles. The Kier molecular flexibility index (Phi) is 5.59. The summed E-state index contributed by atoms with van der Waals surface area (Å²) in [5.41, 5.74) is -0.419. The van der Waals surface area contributed by atoms with E-state index < -0.39 is 11.5 Å². The lowest BCUT2D eigenvalue weighted by molar-refractivity contribution is -0.138. The van der Waals surface area contributed by atoms with E-state index in [4.69, 9.17) is 5.11 Å². The second-order valence-electron chi connectivity index (χ2n) is 5.28. The summed E-state index contributed by atoms with van der Waals surface area (Å²) < 4.78 is 0. The van der Waals surface area contributed by atoms with Gasteiger partial charge in [-0.2, -0.15) is 0 Å². The van der Waals surface area contributed by atoms with Crippen LogP contribution < -0.4 is 10.6 Å². The molecule has 104 valence electrons. The van der Waals surface area contributed by atoms with Crippen molar-refractivity contribution in [3.63, 3.8) is 0 Å². The maximum atomic E-state index is 12.2. The maximum absolute atomic E-state index is 12.2. The molecule has 0 radical (unpaired) electrons. The highest BCUT2D eigenvalue weighted by molar-refractivity contribution is 5.86. The van der Waals surface area contributed by atoms with Gasteiger partial charge in [-0.25, -0.2) is 0 Å². The Labute approximate surface area is 108 Å². The summed E-state index contributed by atoms with van der Waals surface area (Å²) in [7, 11) is 0. The summed E-state index contributed by atoms with van der Waals surface area (Å²) in [4.78, 5) is 22.8. The standard InChI is InChI=1S/C13H24N2O3/c1-3-5-13(6-4-7-15-13)12(18)14-9-10(2)8-11(16)17/h10,15H,3-9H2,1-2H3,(H,14,18)(H,16,17). The SMILES string of the molecule is CCCC1(C(=O)NCC(C)CC(=O)O)CCCN1. The van der Waals surface area contributed by atoms with E-state index in [2.05, 4.69) is 17.6 Å². The number of amides is 1. The molecule has 5 nitrogen and oxygen atoms in total. The first-order valence-electron chi connectivity index (χ1n) is 6.75. The van der Waals surface area contributed by atoms with Gasteiger partial charge in [-0.3, -0.25) is 9.59 Å². The Morgan fingerprint density at radius 1 is 1.50 bits per heavy atom. The molecule has 5 heteroatoms. The van der Waals surface area contributed by atoms with Gasteiger partial charge < -0.3 is 15.7 Å². The summed E-state index contributed by atoms with van der Waals surface area (Å²) in [5.74, 6) is -0.829. The summed E-state index contributed by atoms with van der Waals surface area (Å²) in [6, 6.07) is 0. The van der Waals surface area contributed by atoms with Gasteiger partial charge in [0.1, 0.15) is 0 Å². The van der Waals surface area contributed by atoms with Crippen molar-refractivity contribution in [2.24, 2.45) is 5.92 Å². The van der Waals surface area contributed by atoms with Gasteiger partial charge in [0.05, 0.1) is 5.54 Å². The van der Waals surface area contributed by atoms with E-state index in [1.807, 2.05) is 6.92 Å².